The summed E-state index contributed by atoms with van der Waals surface area (Å²) < 4.78 is 5.85. The first-order valence-corrected chi connectivity index (χ1v) is 4.18. The fourth-order valence-corrected chi connectivity index (χ4v) is 1.36. The average molecular weight is 209 g/mol. The average Bonchev–Trinajstić information content (AvgIpc) is 2.55. The number of nitrogens with one attached hydrogen (secondary N) is 1. The molecule has 1 N–H and O–H groups in total. The summed E-state index contributed by atoms with van der Waals surface area (Å²) in [6, 6.07) is 0. The number of aromatic amines is 1. The highest BCUT2D eigenvalue weighted by Gasteiger charge is 2.14. The number of nitrogens with zero attached hydrogens (tertiary/aromatic N) is 2. The van der Waals surface area contributed by atoms with E-state index in [9.17, 15) is 14.4 Å². The summed E-state index contributed by atoms with van der Waals surface area (Å²) in [7, 11) is 0. The number of fused-ring (bicyclic) bond motifs is 1. The van der Waals surface area contributed by atoms with Gasteiger partial charge in [-0.3, -0.25) is 14.3 Å². The van der Waals surface area contributed by atoms with E-state index in [0.717, 1.165) is 4.57 Å². The molecule has 7 nitrogen and oxygen atoms in total. The first kappa shape index (κ1) is 9.38. The van der Waals surface area contributed by atoms with Gasteiger partial charge in [0.25, 0.3) is 5.56 Å². The molecule has 2 rings (SSSR count). The van der Waals surface area contributed by atoms with Crippen LogP contribution in [0.25, 0.3) is 11.1 Å². The zero-order chi connectivity index (χ0) is 11.0. The Labute approximate surface area is 82.3 Å². The van der Waals surface area contributed by atoms with Crippen molar-refractivity contribution in [3.63, 3.8) is 0 Å². The minimum Gasteiger partial charge on any atom is -0.337 e. The number of aromatic nitrogens is 3. The van der Waals surface area contributed by atoms with Gasteiger partial charge in [0.15, 0.2) is 0 Å². The van der Waals surface area contributed by atoms with Crippen LogP contribution in [0.2, 0.25) is 0 Å². The van der Waals surface area contributed by atoms with E-state index >= 15 is 0 Å². The molecule has 0 unspecified atom stereocenters. The van der Waals surface area contributed by atoms with E-state index < -0.39 is 11.2 Å². The zero-order valence-electron chi connectivity index (χ0n) is 7.81. The van der Waals surface area contributed by atoms with Gasteiger partial charge in [0.05, 0.1) is 12.2 Å². The minimum atomic E-state index is -0.684. The quantitative estimate of drug-likeness (QED) is 0.652. The third kappa shape index (κ3) is 1.28. The number of aryl methyl sites for hydroxylation is 1. The van der Waals surface area contributed by atoms with Gasteiger partial charge in [0, 0.05) is 0 Å². The highest BCUT2D eigenvalue weighted by Crippen LogP contribution is 2.10. The molecule has 2 aromatic heterocycles. The molecule has 2 heterocycles. The first-order valence-electron chi connectivity index (χ1n) is 4.18. The third-order valence-corrected chi connectivity index (χ3v) is 2.04. The van der Waals surface area contributed by atoms with Crippen LogP contribution >= 0.6 is 0 Å². The van der Waals surface area contributed by atoms with Crippen LogP contribution in [0.3, 0.4) is 0 Å². The molecule has 15 heavy (non-hydrogen) atoms. The molecule has 0 aromatic carbocycles. The molecule has 0 aliphatic rings. The molecule has 78 valence electrons. The Balaban J connectivity index is 2.97. The molecule has 0 spiro atoms. The van der Waals surface area contributed by atoms with Gasteiger partial charge >= 0.3 is 5.69 Å². The highest BCUT2D eigenvalue weighted by molar-refractivity contribution is 5.75. The predicted molar refractivity (Wildman–Crippen MR) is 49.7 cm³/mol. The number of carbonyl (C=O) groups is 1. The lowest BCUT2D eigenvalue weighted by Gasteiger charge is -1.98. The summed E-state index contributed by atoms with van der Waals surface area (Å²) in [5, 5.41) is 3.76. The summed E-state index contributed by atoms with van der Waals surface area (Å²) in [5.74, 6) is 0. The lowest BCUT2D eigenvalue weighted by atomic mass is 10.3. The van der Waals surface area contributed by atoms with E-state index in [1.807, 2.05) is 0 Å². The molecular weight excluding hydrogens is 202 g/mol. The molecule has 7 heteroatoms. The van der Waals surface area contributed by atoms with Crippen LogP contribution in [-0.2, 0) is 11.3 Å². The Morgan fingerprint density at radius 3 is 2.93 bits per heavy atom. The second-order valence-corrected chi connectivity index (χ2v) is 2.98. The normalized spacial score (nSPS) is 10.7. The second kappa shape index (κ2) is 3.19. The number of hydrogen-bond acceptors (Lipinski definition) is 5. The molecule has 0 fully saturated rings. The molecule has 2 aromatic rings. The predicted octanol–water partition coefficient (Wildman–Crippen LogP) is -0.815. The van der Waals surface area contributed by atoms with Crippen molar-refractivity contribution in [2.24, 2.45) is 0 Å². The first-order chi connectivity index (χ1) is 7.15. The van der Waals surface area contributed by atoms with E-state index in [1.54, 1.807) is 6.92 Å². The van der Waals surface area contributed by atoms with Crippen molar-refractivity contribution in [2.45, 2.75) is 13.5 Å². The van der Waals surface area contributed by atoms with Crippen LogP contribution < -0.4 is 11.2 Å². The maximum absolute atomic E-state index is 11.4. The molecule has 0 atom stereocenters. The summed E-state index contributed by atoms with van der Waals surface area (Å²) in [6.07, 6.45) is 0.539. The van der Waals surface area contributed by atoms with Gasteiger partial charge in [-0.2, -0.15) is 0 Å². The van der Waals surface area contributed by atoms with Gasteiger partial charge in [0.1, 0.15) is 11.7 Å². The Bertz CT molecular complexity index is 633. The minimum absolute atomic E-state index is 0.0216. The fraction of sp³-hybridized carbons (Fsp3) is 0.250. The fourth-order valence-electron chi connectivity index (χ4n) is 1.36. The largest absolute Gasteiger partial charge is 0.337 e. The van der Waals surface area contributed by atoms with E-state index in [-0.39, 0.29) is 17.6 Å². The summed E-state index contributed by atoms with van der Waals surface area (Å²) in [5.41, 5.74) is -0.842. The van der Waals surface area contributed by atoms with Crippen LogP contribution in [-0.4, -0.2) is 21.0 Å². The van der Waals surface area contributed by atoms with Crippen molar-refractivity contribution in [1.29, 1.82) is 0 Å². The van der Waals surface area contributed by atoms with Crippen molar-refractivity contribution in [2.75, 3.05) is 0 Å². The van der Waals surface area contributed by atoms with Crippen molar-refractivity contribution in [3.8, 4) is 0 Å². The zero-order valence-corrected chi connectivity index (χ0v) is 7.81. The Morgan fingerprint density at radius 1 is 1.53 bits per heavy atom. The topological polar surface area (TPSA) is 98.0 Å². The van der Waals surface area contributed by atoms with Gasteiger partial charge in [0.2, 0.25) is 5.71 Å². The standard InChI is InChI=1S/C8H7N3O4/c1-4-5-6(13)9-8(14)11(2-3-12)7(5)15-10-4/h3H,2H2,1H3,(H,9,13,14). The molecular formula is C8H7N3O4. The Hall–Kier alpha value is -2.18. The molecule has 0 bridgehead atoms. The van der Waals surface area contributed by atoms with Gasteiger partial charge < -0.3 is 9.32 Å². The molecule has 0 aliphatic carbocycles. The summed E-state index contributed by atoms with van der Waals surface area (Å²) in [4.78, 5) is 35.1. The van der Waals surface area contributed by atoms with E-state index in [0.29, 0.717) is 12.0 Å². The van der Waals surface area contributed by atoms with Gasteiger partial charge in [-0.1, -0.05) is 5.16 Å². The number of carbonyl (C=O) groups excluding carboxylic acids is 1. The van der Waals surface area contributed by atoms with E-state index in [4.69, 9.17) is 4.52 Å². The SMILES string of the molecule is Cc1noc2c1c(=O)[nH]c(=O)n2CC=O. The van der Waals surface area contributed by atoms with E-state index in [1.165, 1.54) is 0 Å². The number of rotatable bonds is 2. The second-order valence-electron chi connectivity index (χ2n) is 2.98. The van der Waals surface area contributed by atoms with Crippen molar-refractivity contribution in [1.82, 2.24) is 14.7 Å². The monoisotopic (exact) mass is 209 g/mol. The van der Waals surface area contributed by atoms with Gasteiger partial charge in [-0.25, -0.2) is 4.79 Å². The van der Waals surface area contributed by atoms with Crippen molar-refractivity contribution < 1.29 is 9.32 Å². The smallest absolute Gasteiger partial charge is 0.331 e. The highest BCUT2D eigenvalue weighted by atomic mass is 16.5. The van der Waals surface area contributed by atoms with Crippen LogP contribution in [0.15, 0.2) is 14.1 Å². The number of hydrogen-bond donors (Lipinski definition) is 1. The van der Waals surface area contributed by atoms with Crippen LogP contribution in [0.5, 0.6) is 0 Å². The van der Waals surface area contributed by atoms with Gasteiger partial charge in [-0.15, -0.1) is 0 Å². The molecule has 0 aliphatic heterocycles. The number of aldehydes is 1. The van der Waals surface area contributed by atoms with E-state index in [2.05, 4.69) is 10.1 Å². The van der Waals surface area contributed by atoms with Crippen LogP contribution in [0, 0.1) is 6.92 Å². The molecule has 0 radical (unpaired) electrons. The maximum Gasteiger partial charge on any atom is 0.331 e. The van der Waals surface area contributed by atoms with Crippen LogP contribution in [0.1, 0.15) is 5.69 Å². The Kier molecular flexibility index (Phi) is 2.00. The third-order valence-electron chi connectivity index (χ3n) is 2.04. The Morgan fingerprint density at radius 2 is 2.27 bits per heavy atom. The molecule has 0 amide bonds. The van der Waals surface area contributed by atoms with Crippen molar-refractivity contribution in [3.05, 3.63) is 26.5 Å². The molecule has 0 saturated carbocycles. The summed E-state index contributed by atoms with van der Waals surface area (Å²) in [6.45, 7) is 1.40. The maximum atomic E-state index is 11.4. The van der Waals surface area contributed by atoms with Crippen LogP contribution in [0.4, 0.5) is 0 Å². The molecule has 0 saturated heterocycles. The van der Waals surface area contributed by atoms with Gasteiger partial charge in [-0.05, 0) is 6.92 Å². The number of H-pyrrole nitrogens is 1. The van der Waals surface area contributed by atoms with Crippen molar-refractivity contribution >= 4 is 17.4 Å². The lowest BCUT2D eigenvalue weighted by molar-refractivity contribution is -0.108. The lowest BCUT2D eigenvalue weighted by Crippen LogP contribution is -2.30. The summed E-state index contributed by atoms with van der Waals surface area (Å²) >= 11 is 0.